The lowest BCUT2D eigenvalue weighted by Crippen LogP contribution is -2.51. The van der Waals surface area contributed by atoms with Crippen LogP contribution in [0.2, 0.25) is 0 Å². The summed E-state index contributed by atoms with van der Waals surface area (Å²) in [7, 11) is 0. The summed E-state index contributed by atoms with van der Waals surface area (Å²) in [6.45, 7) is 12.8. The fourth-order valence-electron chi connectivity index (χ4n) is 6.35. The summed E-state index contributed by atoms with van der Waals surface area (Å²) >= 11 is 0. The standard InChI is InChI=1S/C31H36N6O2/c1-20-16-36(27-10-8-22(15-32)29-25(27)6-5-11-34-29)19-28-24-9-7-21(14-23(24)17-37(20)28)26-18-35(13-12-33-26)30(38)39-31(2,3)4/h5-11,14,20,26,28,33H,12-13,16-19H2,1-4H3/t20-,26?,28-/m1/s1. The van der Waals surface area contributed by atoms with E-state index >= 15 is 0 Å². The van der Waals surface area contributed by atoms with Crippen LogP contribution in [0.15, 0.2) is 48.7 Å². The van der Waals surface area contributed by atoms with Crippen molar-refractivity contribution in [1.29, 1.82) is 5.26 Å². The second kappa shape index (κ2) is 9.82. The van der Waals surface area contributed by atoms with E-state index in [1.54, 1.807) is 6.20 Å². The molecule has 1 unspecified atom stereocenters. The molecule has 3 aliphatic rings. The van der Waals surface area contributed by atoms with Crippen molar-refractivity contribution in [3.05, 3.63) is 70.9 Å². The van der Waals surface area contributed by atoms with E-state index in [1.165, 1.54) is 16.7 Å². The molecule has 0 aliphatic carbocycles. The molecule has 0 radical (unpaired) electrons. The fraction of sp³-hybridized carbons (Fsp3) is 0.452. The number of nitriles is 1. The molecule has 0 bridgehead atoms. The molecule has 8 nitrogen and oxygen atoms in total. The fourth-order valence-corrected chi connectivity index (χ4v) is 6.35. The van der Waals surface area contributed by atoms with Crippen LogP contribution in [-0.4, -0.2) is 65.2 Å². The van der Waals surface area contributed by atoms with Gasteiger partial charge in [-0.3, -0.25) is 9.88 Å². The SMILES string of the molecule is C[C@@H]1CN(c2ccc(C#N)c3ncccc23)C[C@@H]2c3ccc(C4CN(C(=O)OC(C)(C)C)CCN4)cc3CN12. The molecule has 0 saturated carbocycles. The minimum absolute atomic E-state index is 0.0839. The summed E-state index contributed by atoms with van der Waals surface area (Å²) < 4.78 is 5.63. The summed E-state index contributed by atoms with van der Waals surface area (Å²) in [6.07, 6.45) is 1.51. The summed E-state index contributed by atoms with van der Waals surface area (Å²) in [5.74, 6) is 0. The van der Waals surface area contributed by atoms with Gasteiger partial charge in [-0.05, 0) is 68.7 Å². The lowest BCUT2D eigenvalue weighted by molar-refractivity contribution is 0.0195. The molecular weight excluding hydrogens is 488 g/mol. The van der Waals surface area contributed by atoms with Crippen molar-refractivity contribution in [1.82, 2.24) is 20.1 Å². The van der Waals surface area contributed by atoms with Gasteiger partial charge in [-0.1, -0.05) is 18.2 Å². The van der Waals surface area contributed by atoms with E-state index in [4.69, 9.17) is 4.74 Å². The van der Waals surface area contributed by atoms with Crippen LogP contribution in [0.25, 0.3) is 10.9 Å². The Balaban J connectivity index is 1.24. The molecule has 2 aromatic carbocycles. The Morgan fingerprint density at radius 2 is 2.00 bits per heavy atom. The monoisotopic (exact) mass is 524 g/mol. The number of pyridine rings is 1. The van der Waals surface area contributed by atoms with Gasteiger partial charge in [0.25, 0.3) is 0 Å². The predicted molar refractivity (Wildman–Crippen MR) is 151 cm³/mol. The number of fused-ring (bicyclic) bond motifs is 4. The van der Waals surface area contributed by atoms with Gasteiger partial charge in [0.1, 0.15) is 11.7 Å². The highest BCUT2D eigenvalue weighted by Crippen LogP contribution is 2.42. The lowest BCUT2D eigenvalue weighted by atomic mass is 9.96. The molecule has 6 rings (SSSR count). The van der Waals surface area contributed by atoms with Crippen LogP contribution in [0.5, 0.6) is 0 Å². The van der Waals surface area contributed by atoms with E-state index in [2.05, 4.69) is 63.4 Å². The first kappa shape index (κ1) is 25.6. The molecule has 3 atom stereocenters. The predicted octanol–water partition coefficient (Wildman–Crippen LogP) is 4.75. The van der Waals surface area contributed by atoms with E-state index in [0.29, 0.717) is 30.7 Å². The number of rotatable bonds is 2. The van der Waals surface area contributed by atoms with E-state index in [0.717, 1.165) is 42.8 Å². The van der Waals surface area contributed by atoms with E-state index in [-0.39, 0.29) is 12.1 Å². The molecule has 39 heavy (non-hydrogen) atoms. The molecule has 4 heterocycles. The molecule has 202 valence electrons. The maximum atomic E-state index is 12.7. The van der Waals surface area contributed by atoms with Crippen molar-refractivity contribution in [2.75, 3.05) is 37.6 Å². The zero-order chi connectivity index (χ0) is 27.3. The van der Waals surface area contributed by atoms with Crippen molar-refractivity contribution in [3.63, 3.8) is 0 Å². The Hall–Kier alpha value is -3.67. The molecule has 1 aromatic heterocycles. The Morgan fingerprint density at radius 1 is 1.15 bits per heavy atom. The molecule has 3 aromatic rings. The molecule has 2 fully saturated rings. The lowest BCUT2D eigenvalue weighted by Gasteiger charge is -2.44. The smallest absolute Gasteiger partial charge is 0.410 e. The zero-order valence-corrected chi connectivity index (χ0v) is 23.1. The Bertz CT molecular complexity index is 1460. The molecule has 1 amide bonds. The first-order valence-corrected chi connectivity index (χ1v) is 13.8. The highest BCUT2D eigenvalue weighted by Gasteiger charge is 2.39. The van der Waals surface area contributed by atoms with Crippen molar-refractivity contribution in [2.24, 2.45) is 0 Å². The largest absolute Gasteiger partial charge is 0.444 e. The van der Waals surface area contributed by atoms with Gasteiger partial charge in [0.2, 0.25) is 0 Å². The van der Waals surface area contributed by atoms with Crippen LogP contribution < -0.4 is 10.2 Å². The van der Waals surface area contributed by atoms with Gasteiger partial charge >= 0.3 is 6.09 Å². The Morgan fingerprint density at radius 3 is 2.79 bits per heavy atom. The Kier molecular flexibility index (Phi) is 6.44. The zero-order valence-electron chi connectivity index (χ0n) is 23.1. The molecular formula is C31H36N6O2. The van der Waals surface area contributed by atoms with Crippen LogP contribution in [0, 0.1) is 11.3 Å². The van der Waals surface area contributed by atoms with Gasteiger partial charge in [-0.2, -0.15) is 5.26 Å². The minimum atomic E-state index is -0.499. The van der Waals surface area contributed by atoms with Crippen molar-refractivity contribution >= 4 is 22.7 Å². The number of anilines is 1. The Labute approximate surface area is 230 Å². The molecule has 2 saturated heterocycles. The molecule has 3 aliphatic heterocycles. The number of piperazine rings is 2. The van der Waals surface area contributed by atoms with Gasteiger partial charge < -0.3 is 19.9 Å². The number of nitrogens with zero attached hydrogens (tertiary/aromatic N) is 5. The first-order chi connectivity index (χ1) is 18.7. The number of ether oxygens (including phenoxy) is 1. The number of carbonyl (C=O) groups is 1. The van der Waals surface area contributed by atoms with E-state index < -0.39 is 5.60 Å². The number of hydrogen-bond donors (Lipinski definition) is 1. The number of aromatic nitrogens is 1. The van der Waals surface area contributed by atoms with Crippen LogP contribution in [-0.2, 0) is 11.3 Å². The number of amides is 1. The summed E-state index contributed by atoms with van der Waals surface area (Å²) in [5, 5.41) is 14.2. The highest BCUT2D eigenvalue weighted by molar-refractivity contribution is 5.95. The van der Waals surface area contributed by atoms with Crippen LogP contribution >= 0.6 is 0 Å². The number of benzene rings is 2. The van der Waals surface area contributed by atoms with E-state index in [9.17, 15) is 10.1 Å². The molecule has 8 heteroatoms. The average Bonchev–Trinajstić information content (AvgIpc) is 3.30. The van der Waals surface area contributed by atoms with Gasteiger partial charge in [-0.15, -0.1) is 0 Å². The molecule has 1 N–H and O–H groups in total. The second-order valence-electron chi connectivity index (χ2n) is 12.0. The number of hydrogen-bond acceptors (Lipinski definition) is 7. The van der Waals surface area contributed by atoms with Gasteiger partial charge in [-0.25, -0.2) is 4.79 Å². The van der Waals surface area contributed by atoms with Gasteiger partial charge in [0, 0.05) is 62.6 Å². The van der Waals surface area contributed by atoms with Gasteiger partial charge in [0.15, 0.2) is 0 Å². The summed E-state index contributed by atoms with van der Waals surface area (Å²) in [4.78, 5) is 24.1. The molecule has 0 spiro atoms. The summed E-state index contributed by atoms with van der Waals surface area (Å²) in [5.41, 5.74) is 5.99. The number of carbonyl (C=O) groups excluding carboxylic acids is 1. The van der Waals surface area contributed by atoms with Crippen molar-refractivity contribution < 1.29 is 9.53 Å². The van der Waals surface area contributed by atoms with Crippen molar-refractivity contribution in [3.8, 4) is 6.07 Å². The van der Waals surface area contributed by atoms with Crippen molar-refractivity contribution in [2.45, 2.75) is 58.0 Å². The van der Waals surface area contributed by atoms with E-state index in [1.807, 2.05) is 37.8 Å². The average molecular weight is 525 g/mol. The second-order valence-corrected chi connectivity index (χ2v) is 12.0. The highest BCUT2D eigenvalue weighted by atomic mass is 16.6. The summed E-state index contributed by atoms with van der Waals surface area (Å²) in [6, 6.07) is 17.9. The maximum Gasteiger partial charge on any atom is 0.410 e. The normalized spacial score (nSPS) is 23.3. The maximum absolute atomic E-state index is 12.7. The van der Waals surface area contributed by atoms with Crippen LogP contribution in [0.3, 0.4) is 0 Å². The van der Waals surface area contributed by atoms with Crippen LogP contribution in [0.1, 0.15) is 62.0 Å². The number of nitrogens with one attached hydrogen (secondary N) is 1. The third-order valence-corrected chi connectivity index (χ3v) is 8.16. The first-order valence-electron chi connectivity index (χ1n) is 13.8. The topological polar surface area (TPSA) is 84.7 Å². The minimum Gasteiger partial charge on any atom is -0.444 e. The third-order valence-electron chi connectivity index (χ3n) is 8.16. The van der Waals surface area contributed by atoms with Crippen LogP contribution in [0.4, 0.5) is 10.5 Å². The van der Waals surface area contributed by atoms with Gasteiger partial charge in [0.05, 0.1) is 23.2 Å². The third kappa shape index (κ3) is 4.81. The quantitative estimate of drug-likeness (QED) is 0.518.